The number of aromatic nitrogens is 3. The van der Waals surface area contributed by atoms with E-state index >= 15 is 0 Å². The monoisotopic (exact) mass is 357 g/mol. The van der Waals surface area contributed by atoms with Gasteiger partial charge in [0.1, 0.15) is 0 Å². The van der Waals surface area contributed by atoms with Crippen molar-refractivity contribution in [3.05, 3.63) is 46.0 Å². The fourth-order valence-corrected chi connectivity index (χ4v) is 3.42. The number of hydrogen-bond donors (Lipinski definition) is 2. The zero-order valence-corrected chi connectivity index (χ0v) is 15.0. The highest BCUT2D eigenvalue weighted by atomic mass is 16.2. The molecule has 2 aromatic rings. The Bertz CT molecular complexity index is 919. The number of likely N-dealkylation sites (tertiary alicyclic amines) is 1. The average molecular weight is 357 g/mol. The first-order valence-corrected chi connectivity index (χ1v) is 8.67. The molecule has 0 spiro atoms. The van der Waals surface area contributed by atoms with Crippen molar-refractivity contribution >= 4 is 17.5 Å². The molecule has 0 atom stereocenters. The lowest BCUT2D eigenvalue weighted by atomic mass is 9.95. The fourth-order valence-electron chi connectivity index (χ4n) is 3.42. The summed E-state index contributed by atoms with van der Waals surface area (Å²) >= 11 is 0. The van der Waals surface area contributed by atoms with E-state index in [1.807, 2.05) is 13.8 Å². The Balaban J connectivity index is 1.65. The molecule has 3 heterocycles. The van der Waals surface area contributed by atoms with Gasteiger partial charge in [-0.1, -0.05) is 6.58 Å². The second-order valence-corrected chi connectivity index (χ2v) is 6.60. The molecule has 3 rings (SSSR count). The molecular weight excluding hydrogens is 334 g/mol. The van der Waals surface area contributed by atoms with Gasteiger partial charge in [-0.3, -0.25) is 19.5 Å². The number of aryl methyl sites for hydroxylation is 2. The summed E-state index contributed by atoms with van der Waals surface area (Å²) in [6, 6.07) is 1.45. The van der Waals surface area contributed by atoms with Crippen LogP contribution in [0.1, 0.15) is 29.8 Å². The van der Waals surface area contributed by atoms with Gasteiger partial charge in [-0.2, -0.15) is 0 Å². The van der Waals surface area contributed by atoms with Crippen molar-refractivity contribution in [2.24, 2.45) is 5.92 Å². The molecule has 1 saturated heterocycles. The molecule has 0 radical (unpaired) electrons. The number of carbonyl (C=O) groups excluding carboxylic acids is 2. The number of aromatic amines is 1. The van der Waals surface area contributed by atoms with Crippen molar-refractivity contribution in [2.45, 2.75) is 33.2 Å². The lowest BCUT2D eigenvalue weighted by Crippen LogP contribution is -2.42. The van der Waals surface area contributed by atoms with Crippen LogP contribution < -0.4 is 10.9 Å². The highest BCUT2D eigenvalue weighted by Gasteiger charge is 2.26. The second kappa shape index (κ2) is 7.15. The lowest BCUT2D eigenvalue weighted by molar-refractivity contribution is -0.132. The summed E-state index contributed by atoms with van der Waals surface area (Å²) in [6.45, 7) is 8.74. The largest absolute Gasteiger partial charge is 0.352 e. The number of piperidine rings is 1. The molecule has 8 heteroatoms. The number of fused-ring (bicyclic) bond motifs is 1. The molecule has 1 aliphatic heterocycles. The molecule has 2 amide bonds. The van der Waals surface area contributed by atoms with Crippen LogP contribution >= 0.6 is 0 Å². The molecule has 1 aliphatic rings. The summed E-state index contributed by atoms with van der Waals surface area (Å²) < 4.78 is 1.64. The molecule has 1 fully saturated rings. The van der Waals surface area contributed by atoms with Crippen LogP contribution in [-0.4, -0.2) is 44.4 Å². The van der Waals surface area contributed by atoms with Gasteiger partial charge < -0.3 is 10.2 Å². The summed E-state index contributed by atoms with van der Waals surface area (Å²) in [6.07, 6.45) is 2.60. The third-order valence-electron chi connectivity index (χ3n) is 4.99. The molecule has 138 valence electrons. The molecule has 0 saturated carbocycles. The summed E-state index contributed by atoms with van der Waals surface area (Å²) in [5, 5.41) is 5.68. The van der Waals surface area contributed by atoms with Gasteiger partial charge in [0.2, 0.25) is 11.8 Å². The Morgan fingerprint density at radius 1 is 1.38 bits per heavy atom. The van der Waals surface area contributed by atoms with E-state index in [9.17, 15) is 14.4 Å². The van der Waals surface area contributed by atoms with Crippen LogP contribution in [0.3, 0.4) is 0 Å². The average Bonchev–Trinajstić information content (AvgIpc) is 3.01. The fraction of sp³-hybridized carbons (Fsp3) is 0.444. The molecular formula is C18H23N5O3. The number of carbonyl (C=O) groups is 2. The van der Waals surface area contributed by atoms with Crippen molar-refractivity contribution in [3.8, 4) is 0 Å². The van der Waals surface area contributed by atoms with E-state index in [0.29, 0.717) is 38.1 Å². The number of amides is 2. The molecule has 2 aromatic heterocycles. The zero-order chi connectivity index (χ0) is 18.8. The van der Waals surface area contributed by atoms with Crippen LogP contribution in [0.25, 0.3) is 5.65 Å². The standard InChI is InChI=1S/C18H23N5O3/c1-4-17(25)22-7-5-13(6-8-22)18(26)19-10-14-11(2)20-15-9-16(24)21-23(15)12(14)3/h4,9,13H,1,5-8,10H2,2-3H3,(H,19,26)(H,21,24). The first kappa shape index (κ1) is 17.9. The van der Waals surface area contributed by atoms with Crippen LogP contribution in [0.5, 0.6) is 0 Å². The zero-order valence-electron chi connectivity index (χ0n) is 15.0. The maximum atomic E-state index is 12.5. The minimum Gasteiger partial charge on any atom is -0.352 e. The van der Waals surface area contributed by atoms with Crippen LogP contribution in [0.4, 0.5) is 0 Å². The third-order valence-corrected chi connectivity index (χ3v) is 4.99. The minimum atomic E-state index is -0.206. The summed E-state index contributed by atoms with van der Waals surface area (Å²) in [4.78, 5) is 41.7. The molecule has 0 aliphatic carbocycles. The van der Waals surface area contributed by atoms with Gasteiger partial charge in [-0.05, 0) is 32.8 Å². The maximum absolute atomic E-state index is 12.5. The van der Waals surface area contributed by atoms with Gasteiger partial charge in [-0.15, -0.1) is 0 Å². The van der Waals surface area contributed by atoms with E-state index in [1.54, 1.807) is 9.42 Å². The van der Waals surface area contributed by atoms with E-state index in [2.05, 4.69) is 22.0 Å². The van der Waals surface area contributed by atoms with E-state index in [0.717, 1.165) is 17.0 Å². The van der Waals surface area contributed by atoms with Crippen molar-refractivity contribution in [2.75, 3.05) is 13.1 Å². The third kappa shape index (κ3) is 3.40. The van der Waals surface area contributed by atoms with Crippen molar-refractivity contribution in [1.82, 2.24) is 24.8 Å². The Morgan fingerprint density at radius 2 is 2.08 bits per heavy atom. The van der Waals surface area contributed by atoms with Crippen LogP contribution in [0.2, 0.25) is 0 Å². The minimum absolute atomic E-state index is 0.0180. The first-order valence-electron chi connectivity index (χ1n) is 8.67. The molecule has 8 nitrogen and oxygen atoms in total. The SMILES string of the molecule is C=CC(=O)N1CCC(C(=O)NCc2c(C)nc3cc(=O)[nH]n3c2C)CC1. The summed E-state index contributed by atoms with van der Waals surface area (Å²) in [5.74, 6) is -0.210. The van der Waals surface area contributed by atoms with Gasteiger partial charge >= 0.3 is 0 Å². The maximum Gasteiger partial charge on any atom is 0.266 e. The van der Waals surface area contributed by atoms with E-state index in [4.69, 9.17) is 0 Å². The van der Waals surface area contributed by atoms with Crippen LogP contribution in [0, 0.1) is 19.8 Å². The predicted molar refractivity (Wildman–Crippen MR) is 96.6 cm³/mol. The normalized spacial score (nSPS) is 15.2. The smallest absolute Gasteiger partial charge is 0.266 e. The predicted octanol–water partition coefficient (Wildman–Crippen LogP) is 0.680. The highest BCUT2D eigenvalue weighted by molar-refractivity contribution is 5.87. The van der Waals surface area contributed by atoms with Gasteiger partial charge in [0, 0.05) is 48.6 Å². The van der Waals surface area contributed by atoms with Gasteiger partial charge in [0.15, 0.2) is 5.65 Å². The topological polar surface area (TPSA) is 99.6 Å². The molecule has 2 N–H and O–H groups in total. The molecule has 26 heavy (non-hydrogen) atoms. The van der Waals surface area contributed by atoms with Crippen molar-refractivity contribution < 1.29 is 9.59 Å². The second-order valence-electron chi connectivity index (χ2n) is 6.60. The lowest BCUT2D eigenvalue weighted by Gasteiger charge is -2.30. The number of rotatable bonds is 4. The molecule has 0 bridgehead atoms. The Labute approximate surface area is 150 Å². The Kier molecular flexibility index (Phi) is 4.92. The van der Waals surface area contributed by atoms with Gasteiger partial charge in [0.25, 0.3) is 5.56 Å². The Morgan fingerprint density at radius 3 is 2.73 bits per heavy atom. The number of nitrogens with zero attached hydrogens (tertiary/aromatic N) is 3. The first-order chi connectivity index (χ1) is 12.4. The number of hydrogen-bond acceptors (Lipinski definition) is 4. The molecule has 0 unspecified atom stereocenters. The summed E-state index contributed by atoms with van der Waals surface area (Å²) in [7, 11) is 0. The van der Waals surface area contributed by atoms with Crippen LogP contribution in [0.15, 0.2) is 23.5 Å². The molecule has 0 aromatic carbocycles. The number of H-pyrrole nitrogens is 1. The Hall–Kier alpha value is -2.90. The highest BCUT2D eigenvalue weighted by Crippen LogP contribution is 2.18. The van der Waals surface area contributed by atoms with Crippen LogP contribution in [-0.2, 0) is 16.1 Å². The van der Waals surface area contributed by atoms with Gasteiger partial charge in [0.05, 0.1) is 0 Å². The van der Waals surface area contributed by atoms with Crippen molar-refractivity contribution in [1.29, 1.82) is 0 Å². The van der Waals surface area contributed by atoms with Crippen molar-refractivity contribution in [3.63, 3.8) is 0 Å². The quantitative estimate of drug-likeness (QED) is 0.786. The number of nitrogens with one attached hydrogen (secondary N) is 2. The van der Waals surface area contributed by atoms with Gasteiger partial charge in [-0.25, -0.2) is 9.50 Å². The van der Waals surface area contributed by atoms with E-state index < -0.39 is 0 Å². The summed E-state index contributed by atoms with van der Waals surface area (Å²) in [5.41, 5.74) is 2.88. The van der Waals surface area contributed by atoms with E-state index in [1.165, 1.54) is 12.1 Å². The van der Waals surface area contributed by atoms with E-state index in [-0.39, 0.29) is 23.3 Å².